The molecule has 0 aliphatic carbocycles. The third-order valence-electron chi connectivity index (χ3n) is 2.12. The summed E-state index contributed by atoms with van der Waals surface area (Å²) in [7, 11) is 3.37. The zero-order valence-electron chi connectivity index (χ0n) is 9.03. The van der Waals surface area contributed by atoms with Gasteiger partial charge in [-0.15, -0.1) is 0 Å². The molecule has 13 heavy (non-hydrogen) atoms. The third kappa shape index (κ3) is 4.00. The van der Waals surface area contributed by atoms with Crippen molar-refractivity contribution in [3.8, 4) is 0 Å². The Kier molecular flexibility index (Phi) is 6.16. The molecule has 0 aromatic heterocycles. The van der Waals surface area contributed by atoms with E-state index in [0.29, 0.717) is 0 Å². The van der Waals surface area contributed by atoms with Crippen molar-refractivity contribution >= 4 is 17.7 Å². The first-order chi connectivity index (χ1) is 6.04. The van der Waals surface area contributed by atoms with Crippen LogP contribution in [0.15, 0.2) is 0 Å². The van der Waals surface area contributed by atoms with E-state index < -0.39 is 0 Å². The van der Waals surface area contributed by atoms with Crippen LogP contribution in [0.25, 0.3) is 0 Å². The van der Waals surface area contributed by atoms with Gasteiger partial charge in [-0.05, 0) is 20.1 Å². The molecule has 2 unspecified atom stereocenters. The zero-order valence-corrected chi connectivity index (χ0v) is 9.85. The van der Waals surface area contributed by atoms with Gasteiger partial charge in [-0.1, -0.05) is 0 Å². The smallest absolute Gasteiger partial charge is 0.251 e. The minimum absolute atomic E-state index is 0.0454. The van der Waals surface area contributed by atoms with Gasteiger partial charge in [-0.2, -0.15) is 11.8 Å². The molecule has 78 valence electrons. The monoisotopic (exact) mass is 205 g/mol. The van der Waals surface area contributed by atoms with E-state index in [2.05, 4.69) is 0 Å². The fourth-order valence-electron chi connectivity index (χ4n) is 0.958. The fraction of sp³-hybridized carbons (Fsp3) is 0.889. The van der Waals surface area contributed by atoms with Crippen molar-refractivity contribution in [3.63, 3.8) is 0 Å². The minimum Gasteiger partial charge on any atom is -0.372 e. The van der Waals surface area contributed by atoms with Crippen LogP contribution in [0.4, 0.5) is 0 Å². The lowest BCUT2D eigenvalue weighted by molar-refractivity contribution is -0.140. The molecular weight excluding hydrogens is 186 g/mol. The number of rotatable bonds is 5. The zero-order chi connectivity index (χ0) is 10.4. The van der Waals surface area contributed by atoms with Crippen molar-refractivity contribution in [2.45, 2.75) is 26.0 Å². The van der Waals surface area contributed by atoms with Crippen LogP contribution >= 0.6 is 11.8 Å². The highest BCUT2D eigenvalue weighted by Gasteiger charge is 2.20. The molecule has 0 saturated carbocycles. The number of ether oxygens (including phenoxy) is 1. The molecule has 0 aliphatic rings. The van der Waals surface area contributed by atoms with Crippen LogP contribution < -0.4 is 0 Å². The van der Waals surface area contributed by atoms with Crippen molar-refractivity contribution in [1.82, 2.24) is 4.90 Å². The standard InChI is InChI=1S/C9H19NO2S/c1-7(6-13-5)10(3)9(11)8(2)12-4/h7-8H,6H2,1-5H3. The van der Waals surface area contributed by atoms with Gasteiger partial charge in [0.2, 0.25) is 0 Å². The van der Waals surface area contributed by atoms with E-state index in [-0.39, 0.29) is 18.1 Å². The number of nitrogens with zero attached hydrogens (tertiary/aromatic N) is 1. The molecule has 0 aromatic rings. The first-order valence-corrected chi connectivity index (χ1v) is 5.72. The van der Waals surface area contributed by atoms with E-state index >= 15 is 0 Å². The highest BCUT2D eigenvalue weighted by atomic mass is 32.2. The summed E-state index contributed by atoms with van der Waals surface area (Å²) in [5, 5.41) is 0. The summed E-state index contributed by atoms with van der Waals surface area (Å²) >= 11 is 1.74. The Hall–Kier alpha value is -0.220. The Morgan fingerprint density at radius 2 is 2.08 bits per heavy atom. The molecule has 0 aromatic carbocycles. The maximum Gasteiger partial charge on any atom is 0.251 e. The van der Waals surface area contributed by atoms with Gasteiger partial charge in [-0.3, -0.25) is 4.79 Å². The quantitative estimate of drug-likeness (QED) is 0.676. The summed E-state index contributed by atoms with van der Waals surface area (Å²) in [6.45, 7) is 3.81. The van der Waals surface area contributed by atoms with Crippen LogP contribution in [0, 0.1) is 0 Å². The molecule has 0 bridgehead atoms. The molecule has 0 aliphatic heterocycles. The molecule has 0 radical (unpaired) electrons. The predicted octanol–water partition coefficient (Wildman–Crippen LogP) is 1.23. The van der Waals surface area contributed by atoms with Gasteiger partial charge < -0.3 is 9.64 Å². The van der Waals surface area contributed by atoms with Crippen LogP contribution in [0.1, 0.15) is 13.8 Å². The normalized spacial score (nSPS) is 15.2. The van der Waals surface area contributed by atoms with Gasteiger partial charge in [0.25, 0.3) is 5.91 Å². The van der Waals surface area contributed by atoms with Gasteiger partial charge in [0.15, 0.2) is 0 Å². The lowest BCUT2D eigenvalue weighted by Crippen LogP contribution is -2.42. The van der Waals surface area contributed by atoms with Crippen LogP contribution in [-0.2, 0) is 9.53 Å². The molecule has 0 saturated heterocycles. The number of methoxy groups -OCH3 is 1. The Bertz CT molecular complexity index is 164. The van der Waals surface area contributed by atoms with Crippen molar-refractivity contribution in [1.29, 1.82) is 0 Å². The van der Waals surface area contributed by atoms with E-state index in [1.807, 2.05) is 20.2 Å². The average Bonchev–Trinajstić information content (AvgIpc) is 2.14. The van der Waals surface area contributed by atoms with Crippen molar-refractivity contribution in [3.05, 3.63) is 0 Å². The molecular formula is C9H19NO2S. The summed E-state index contributed by atoms with van der Waals surface area (Å²) in [4.78, 5) is 13.3. The Labute approximate surface area is 84.8 Å². The lowest BCUT2D eigenvalue weighted by atomic mass is 10.3. The summed E-state index contributed by atoms with van der Waals surface area (Å²) in [5.41, 5.74) is 0. The van der Waals surface area contributed by atoms with Gasteiger partial charge >= 0.3 is 0 Å². The van der Waals surface area contributed by atoms with Gasteiger partial charge in [0, 0.05) is 26.0 Å². The first kappa shape index (κ1) is 12.8. The van der Waals surface area contributed by atoms with E-state index in [4.69, 9.17) is 4.74 Å². The molecule has 3 nitrogen and oxygen atoms in total. The highest BCUT2D eigenvalue weighted by molar-refractivity contribution is 7.98. The number of carbonyl (C=O) groups excluding carboxylic acids is 1. The Balaban J connectivity index is 4.08. The van der Waals surface area contributed by atoms with Crippen molar-refractivity contribution in [2.75, 3.05) is 26.2 Å². The van der Waals surface area contributed by atoms with Gasteiger partial charge in [0.05, 0.1) is 0 Å². The largest absolute Gasteiger partial charge is 0.372 e. The summed E-state index contributed by atoms with van der Waals surface area (Å²) in [6.07, 6.45) is 1.70. The SMILES string of the molecule is COC(C)C(=O)N(C)C(C)CSC. The second-order valence-electron chi connectivity index (χ2n) is 3.13. The number of likely N-dealkylation sites (N-methyl/N-ethyl adjacent to an activating group) is 1. The number of amides is 1. The molecule has 2 atom stereocenters. The molecule has 1 amide bonds. The van der Waals surface area contributed by atoms with Crippen molar-refractivity contribution in [2.24, 2.45) is 0 Å². The van der Waals surface area contributed by atoms with E-state index in [0.717, 1.165) is 5.75 Å². The summed E-state index contributed by atoms with van der Waals surface area (Å²) < 4.78 is 4.96. The number of hydrogen-bond acceptors (Lipinski definition) is 3. The van der Waals surface area contributed by atoms with Gasteiger partial charge in [0.1, 0.15) is 6.10 Å². The molecule has 0 heterocycles. The molecule has 0 fully saturated rings. The van der Waals surface area contributed by atoms with E-state index in [9.17, 15) is 4.79 Å². The lowest BCUT2D eigenvalue weighted by Gasteiger charge is -2.26. The van der Waals surface area contributed by atoms with Crippen molar-refractivity contribution < 1.29 is 9.53 Å². The average molecular weight is 205 g/mol. The van der Waals surface area contributed by atoms with Crippen LogP contribution in [0.3, 0.4) is 0 Å². The van der Waals surface area contributed by atoms with Crippen LogP contribution in [-0.4, -0.2) is 49.1 Å². The van der Waals surface area contributed by atoms with Crippen LogP contribution in [0.2, 0.25) is 0 Å². The maximum atomic E-state index is 11.6. The topological polar surface area (TPSA) is 29.5 Å². The highest BCUT2D eigenvalue weighted by Crippen LogP contribution is 2.06. The minimum atomic E-state index is -0.339. The number of carbonyl (C=O) groups is 1. The predicted molar refractivity (Wildman–Crippen MR) is 57.1 cm³/mol. The van der Waals surface area contributed by atoms with Gasteiger partial charge in [-0.25, -0.2) is 0 Å². The molecule has 0 spiro atoms. The second kappa shape index (κ2) is 6.27. The summed E-state index contributed by atoms with van der Waals surface area (Å²) in [6, 6.07) is 0.264. The number of thioether (sulfide) groups is 1. The molecule has 0 N–H and O–H groups in total. The third-order valence-corrected chi connectivity index (χ3v) is 2.93. The maximum absolute atomic E-state index is 11.6. The molecule has 4 heteroatoms. The second-order valence-corrected chi connectivity index (χ2v) is 4.04. The summed E-state index contributed by atoms with van der Waals surface area (Å²) in [5.74, 6) is 1.00. The molecule has 0 rings (SSSR count). The Morgan fingerprint density at radius 3 is 2.46 bits per heavy atom. The van der Waals surface area contributed by atoms with Crippen LogP contribution in [0.5, 0.6) is 0 Å². The fourth-order valence-corrected chi connectivity index (χ4v) is 1.66. The Morgan fingerprint density at radius 1 is 1.54 bits per heavy atom. The van der Waals surface area contributed by atoms with E-state index in [1.54, 1.807) is 30.7 Å². The first-order valence-electron chi connectivity index (χ1n) is 4.33. The van der Waals surface area contributed by atoms with E-state index in [1.165, 1.54) is 0 Å². The number of hydrogen-bond donors (Lipinski definition) is 0.